The van der Waals surface area contributed by atoms with E-state index in [0.717, 1.165) is 6.07 Å². The SMILES string of the molecule is CC.CCc1ccc(F)c(O)c1F. The molecule has 0 amide bonds. The van der Waals surface area contributed by atoms with Gasteiger partial charge in [0.15, 0.2) is 17.4 Å². The third-order valence-electron chi connectivity index (χ3n) is 1.53. The maximum Gasteiger partial charge on any atom is 0.188 e. The Bertz CT molecular complexity index is 272. The highest BCUT2D eigenvalue weighted by Crippen LogP contribution is 2.22. The maximum absolute atomic E-state index is 12.8. The molecule has 1 aromatic carbocycles. The second-order valence-corrected chi connectivity index (χ2v) is 2.22. The molecule has 3 heteroatoms. The molecule has 1 rings (SSSR count). The van der Waals surface area contributed by atoms with Crippen molar-refractivity contribution in [2.45, 2.75) is 27.2 Å². The Morgan fingerprint density at radius 1 is 1.23 bits per heavy atom. The lowest BCUT2D eigenvalue weighted by atomic mass is 10.1. The van der Waals surface area contributed by atoms with Crippen molar-refractivity contribution in [2.24, 2.45) is 0 Å². The van der Waals surface area contributed by atoms with Crippen molar-refractivity contribution in [1.82, 2.24) is 0 Å². The Kier molecular flexibility index (Phi) is 5.04. The van der Waals surface area contributed by atoms with E-state index in [1.54, 1.807) is 6.92 Å². The Morgan fingerprint density at radius 3 is 2.23 bits per heavy atom. The van der Waals surface area contributed by atoms with Gasteiger partial charge in [-0.25, -0.2) is 8.78 Å². The molecule has 13 heavy (non-hydrogen) atoms. The molecular formula is C10H14F2O. The molecule has 0 aliphatic rings. The number of aryl methyl sites for hydroxylation is 1. The fourth-order valence-corrected chi connectivity index (χ4v) is 0.856. The lowest BCUT2D eigenvalue weighted by molar-refractivity contribution is 0.393. The van der Waals surface area contributed by atoms with E-state index in [1.165, 1.54) is 6.07 Å². The van der Waals surface area contributed by atoms with E-state index in [2.05, 4.69) is 0 Å². The molecule has 0 saturated heterocycles. The Hall–Kier alpha value is -1.12. The second-order valence-electron chi connectivity index (χ2n) is 2.22. The average Bonchev–Trinajstić information content (AvgIpc) is 2.18. The Balaban J connectivity index is 0.000000671. The van der Waals surface area contributed by atoms with Crippen molar-refractivity contribution < 1.29 is 13.9 Å². The normalized spacial score (nSPS) is 9.00. The van der Waals surface area contributed by atoms with E-state index in [0.29, 0.717) is 12.0 Å². The number of benzene rings is 1. The highest BCUT2D eigenvalue weighted by atomic mass is 19.1. The number of hydrogen-bond donors (Lipinski definition) is 1. The quantitative estimate of drug-likeness (QED) is 0.717. The zero-order valence-corrected chi connectivity index (χ0v) is 8.06. The van der Waals surface area contributed by atoms with Gasteiger partial charge in [0.25, 0.3) is 0 Å². The van der Waals surface area contributed by atoms with Gasteiger partial charge in [-0.3, -0.25) is 0 Å². The van der Waals surface area contributed by atoms with Crippen LogP contribution < -0.4 is 0 Å². The molecule has 0 unspecified atom stereocenters. The summed E-state index contributed by atoms with van der Waals surface area (Å²) in [5, 5.41) is 8.77. The summed E-state index contributed by atoms with van der Waals surface area (Å²) in [6.45, 7) is 5.73. The van der Waals surface area contributed by atoms with Crippen LogP contribution in [0, 0.1) is 11.6 Å². The summed E-state index contributed by atoms with van der Waals surface area (Å²) < 4.78 is 25.2. The van der Waals surface area contributed by atoms with Crippen LogP contribution in [0.15, 0.2) is 12.1 Å². The first-order valence-electron chi connectivity index (χ1n) is 4.32. The number of hydrogen-bond acceptors (Lipinski definition) is 1. The van der Waals surface area contributed by atoms with Gasteiger partial charge in [0.2, 0.25) is 0 Å². The topological polar surface area (TPSA) is 20.2 Å². The number of phenols is 1. The standard InChI is InChI=1S/C8H8F2O.C2H6/c1-2-5-3-4-6(9)8(11)7(5)10;1-2/h3-4,11H,2H2,1H3;1-2H3. The summed E-state index contributed by atoms with van der Waals surface area (Å²) in [5.74, 6) is -2.66. The minimum atomic E-state index is -0.917. The Labute approximate surface area is 77.0 Å². The molecule has 1 nitrogen and oxygen atoms in total. The smallest absolute Gasteiger partial charge is 0.188 e. The van der Waals surface area contributed by atoms with Gasteiger partial charge in [0, 0.05) is 0 Å². The van der Waals surface area contributed by atoms with Gasteiger partial charge in [-0.1, -0.05) is 26.8 Å². The number of halogens is 2. The van der Waals surface area contributed by atoms with Crippen molar-refractivity contribution in [3.8, 4) is 5.75 Å². The monoisotopic (exact) mass is 188 g/mol. The van der Waals surface area contributed by atoms with E-state index in [-0.39, 0.29) is 0 Å². The lowest BCUT2D eigenvalue weighted by Gasteiger charge is -2.01. The van der Waals surface area contributed by atoms with Crippen LogP contribution in [0.3, 0.4) is 0 Å². The highest BCUT2D eigenvalue weighted by Gasteiger charge is 2.09. The molecule has 0 fully saturated rings. The molecule has 0 saturated carbocycles. The van der Waals surface area contributed by atoms with Crippen molar-refractivity contribution in [1.29, 1.82) is 0 Å². The largest absolute Gasteiger partial charge is 0.503 e. The fraction of sp³-hybridized carbons (Fsp3) is 0.400. The molecule has 74 valence electrons. The zero-order valence-electron chi connectivity index (χ0n) is 8.06. The molecule has 1 N–H and O–H groups in total. The number of rotatable bonds is 1. The summed E-state index contributed by atoms with van der Waals surface area (Å²) >= 11 is 0. The van der Waals surface area contributed by atoms with Crippen LogP contribution >= 0.6 is 0 Å². The van der Waals surface area contributed by atoms with Gasteiger partial charge >= 0.3 is 0 Å². The number of aromatic hydroxyl groups is 1. The van der Waals surface area contributed by atoms with Crippen LogP contribution in [0.4, 0.5) is 8.78 Å². The predicted molar refractivity (Wildman–Crippen MR) is 48.7 cm³/mol. The van der Waals surface area contributed by atoms with Gasteiger partial charge < -0.3 is 5.11 Å². The van der Waals surface area contributed by atoms with Crippen LogP contribution in [0.25, 0.3) is 0 Å². The van der Waals surface area contributed by atoms with E-state index in [4.69, 9.17) is 5.11 Å². The van der Waals surface area contributed by atoms with E-state index in [1.807, 2.05) is 13.8 Å². The van der Waals surface area contributed by atoms with E-state index in [9.17, 15) is 8.78 Å². The van der Waals surface area contributed by atoms with Gasteiger partial charge in [0.05, 0.1) is 0 Å². The fourth-order valence-electron chi connectivity index (χ4n) is 0.856. The number of phenolic OH excluding ortho intramolecular Hbond substituents is 1. The van der Waals surface area contributed by atoms with Gasteiger partial charge in [-0.15, -0.1) is 0 Å². The predicted octanol–water partition coefficient (Wildman–Crippen LogP) is 3.26. The maximum atomic E-state index is 12.8. The molecule has 0 bridgehead atoms. The first kappa shape index (κ1) is 11.9. The average molecular weight is 188 g/mol. The first-order valence-corrected chi connectivity index (χ1v) is 4.32. The minimum absolute atomic E-state index is 0.323. The summed E-state index contributed by atoms with van der Waals surface area (Å²) in [7, 11) is 0. The van der Waals surface area contributed by atoms with Gasteiger partial charge in [-0.05, 0) is 18.1 Å². The minimum Gasteiger partial charge on any atom is -0.503 e. The van der Waals surface area contributed by atoms with Crippen LogP contribution in [0.2, 0.25) is 0 Å². The third kappa shape index (κ3) is 2.68. The van der Waals surface area contributed by atoms with E-state index >= 15 is 0 Å². The second kappa shape index (κ2) is 5.51. The molecule has 0 aromatic heterocycles. The highest BCUT2D eigenvalue weighted by molar-refractivity contribution is 5.31. The molecule has 0 aliphatic heterocycles. The Morgan fingerprint density at radius 2 is 1.77 bits per heavy atom. The molecule has 0 heterocycles. The van der Waals surface area contributed by atoms with Crippen LogP contribution in [-0.2, 0) is 6.42 Å². The third-order valence-corrected chi connectivity index (χ3v) is 1.53. The lowest BCUT2D eigenvalue weighted by Crippen LogP contribution is -1.90. The van der Waals surface area contributed by atoms with Crippen molar-refractivity contribution in [3.63, 3.8) is 0 Å². The summed E-state index contributed by atoms with van der Waals surface area (Å²) in [4.78, 5) is 0. The van der Waals surface area contributed by atoms with Crippen molar-refractivity contribution in [2.75, 3.05) is 0 Å². The molecule has 1 aromatic rings. The van der Waals surface area contributed by atoms with E-state index < -0.39 is 17.4 Å². The summed E-state index contributed by atoms with van der Waals surface area (Å²) in [6.07, 6.45) is 0.444. The molecule has 0 radical (unpaired) electrons. The summed E-state index contributed by atoms with van der Waals surface area (Å²) in [6, 6.07) is 2.38. The molecular weight excluding hydrogens is 174 g/mol. The zero-order chi connectivity index (χ0) is 10.4. The molecule has 0 aliphatic carbocycles. The van der Waals surface area contributed by atoms with Crippen LogP contribution in [0.1, 0.15) is 26.3 Å². The molecule has 0 atom stereocenters. The van der Waals surface area contributed by atoms with Crippen molar-refractivity contribution >= 4 is 0 Å². The van der Waals surface area contributed by atoms with Gasteiger partial charge in [0.1, 0.15) is 0 Å². The van der Waals surface area contributed by atoms with Crippen LogP contribution in [0.5, 0.6) is 5.75 Å². The van der Waals surface area contributed by atoms with Crippen LogP contribution in [-0.4, -0.2) is 5.11 Å². The van der Waals surface area contributed by atoms with Gasteiger partial charge in [-0.2, -0.15) is 0 Å². The first-order chi connectivity index (χ1) is 6.16. The molecule has 0 spiro atoms. The van der Waals surface area contributed by atoms with Crippen molar-refractivity contribution in [3.05, 3.63) is 29.3 Å². The summed E-state index contributed by atoms with van der Waals surface area (Å²) in [5.41, 5.74) is 0.323.